The van der Waals surface area contributed by atoms with Crippen LogP contribution in [-0.4, -0.2) is 59.2 Å². The second-order valence-corrected chi connectivity index (χ2v) is 7.01. The molecule has 0 rings (SSSR count). The number of thiol groups is 1. The van der Waals surface area contributed by atoms with E-state index < -0.39 is 41.8 Å². The lowest BCUT2D eigenvalue weighted by atomic mass is 9.98. The number of aliphatic carboxylic acids is 1. The summed E-state index contributed by atoms with van der Waals surface area (Å²) in [5.74, 6) is -3.16. The minimum atomic E-state index is -1.21. The Hall–Kier alpha value is -1.81. The van der Waals surface area contributed by atoms with E-state index in [4.69, 9.17) is 10.8 Å². The molecule has 0 aromatic heterocycles. The van der Waals surface area contributed by atoms with Gasteiger partial charge in [-0.2, -0.15) is 12.6 Å². The highest BCUT2D eigenvalue weighted by Crippen LogP contribution is 2.09. The SMILES string of the molecule is CCC(C)C(N)C(=O)NCC(=O)NC(C(=O)NC(CS)C(=O)O)C(C)CC. The summed E-state index contributed by atoms with van der Waals surface area (Å²) in [6.45, 7) is 7.04. The average Bonchev–Trinajstić information content (AvgIpc) is 2.65. The summed E-state index contributed by atoms with van der Waals surface area (Å²) < 4.78 is 0. The van der Waals surface area contributed by atoms with Crippen LogP contribution in [-0.2, 0) is 19.2 Å². The van der Waals surface area contributed by atoms with E-state index in [0.29, 0.717) is 6.42 Å². The normalized spacial score (nSPS) is 16.4. The van der Waals surface area contributed by atoms with Crippen molar-refractivity contribution in [1.82, 2.24) is 16.0 Å². The monoisotopic (exact) mass is 404 g/mol. The van der Waals surface area contributed by atoms with Gasteiger partial charge in [-0.1, -0.05) is 40.5 Å². The number of carboxylic acid groups (broad SMARTS) is 1. The maximum atomic E-state index is 12.4. The maximum Gasteiger partial charge on any atom is 0.327 e. The Kier molecular flexibility index (Phi) is 11.7. The lowest BCUT2D eigenvalue weighted by molar-refractivity contribution is -0.141. The summed E-state index contributed by atoms with van der Waals surface area (Å²) in [7, 11) is 0. The third-order valence-corrected chi connectivity index (χ3v) is 4.96. The van der Waals surface area contributed by atoms with Gasteiger partial charge in [-0.15, -0.1) is 0 Å². The molecule has 3 amide bonds. The lowest BCUT2D eigenvalue weighted by Gasteiger charge is -2.25. The van der Waals surface area contributed by atoms with Crippen molar-refractivity contribution in [3.05, 3.63) is 0 Å². The van der Waals surface area contributed by atoms with Gasteiger partial charge in [-0.25, -0.2) is 4.79 Å². The van der Waals surface area contributed by atoms with Crippen LogP contribution < -0.4 is 21.7 Å². The summed E-state index contributed by atoms with van der Waals surface area (Å²) in [6.07, 6.45) is 1.31. The molecule has 0 aromatic carbocycles. The van der Waals surface area contributed by atoms with Crippen molar-refractivity contribution in [1.29, 1.82) is 0 Å². The average molecular weight is 405 g/mol. The topological polar surface area (TPSA) is 151 Å². The van der Waals surface area contributed by atoms with Crippen LogP contribution in [0.4, 0.5) is 0 Å². The number of carbonyl (C=O) groups is 4. The summed E-state index contributed by atoms with van der Waals surface area (Å²) in [4.78, 5) is 47.6. The largest absolute Gasteiger partial charge is 0.480 e. The molecule has 0 radical (unpaired) electrons. The van der Waals surface area contributed by atoms with Crippen molar-refractivity contribution < 1.29 is 24.3 Å². The highest BCUT2D eigenvalue weighted by molar-refractivity contribution is 7.80. The Labute approximate surface area is 165 Å². The Morgan fingerprint density at radius 2 is 1.56 bits per heavy atom. The van der Waals surface area contributed by atoms with E-state index >= 15 is 0 Å². The number of hydrogen-bond acceptors (Lipinski definition) is 6. The molecule has 6 N–H and O–H groups in total. The molecule has 0 aliphatic heterocycles. The molecule has 0 aliphatic carbocycles. The third kappa shape index (κ3) is 8.61. The Morgan fingerprint density at radius 3 is 2.00 bits per heavy atom. The molecular formula is C17H32N4O5S. The van der Waals surface area contributed by atoms with E-state index in [1.807, 2.05) is 20.8 Å². The number of nitrogens with one attached hydrogen (secondary N) is 3. The van der Waals surface area contributed by atoms with Crippen molar-refractivity contribution in [2.24, 2.45) is 17.6 Å². The van der Waals surface area contributed by atoms with E-state index in [0.717, 1.165) is 6.42 Å². The molecule has 0 heterocycles. The van der Waals surface area contributed by atoms with Crippen LogP contribution in [0.1, 0.15) is 40.5 Å². The van der Waals surface area contributed by atoms with Crippen LogP contribution in [0.5, 0.6) is 0 Å². The van der Waals surface area contributed by atoms with E-state index in [9.17, 15) is 19.2 Å². The first-order valence-corrected chi connectivity index (χ1v) is 9.68. The molecule has 0 bridgehead atoms. The maximum absolute atomic E-state index is 12.4. The van der Waals surface area contributed by atoms with Gasteiger partial charge >= 0.3 is 5.97 Å². The predicted octanol–water partition coefficient (Wildman–Crippen LogP) is -0.494. The Morgan fingerprint density at radius 1 is 1.00 bits per heavy atom. The van der Waals surface area contributed by atoms with Gasteiger partial charge in [-0.3, -0.25) is 14.4 Å². The first-order chi connectivity index (χ1) is 12.6. The first kappa shape index (κ1) is 25.2. The fourth-order valence-corrected chi connectivity index (χ4v) is 2.42. The minimum Gasteiger partial charge on any atom is -0.480 e. The zero-order valence-electron chi connectivity index (χ0n) is 16.3. The molecule has 0 aliphatic rings. The predicted molar refractivity (Wildman–Crippen MR) is 105 cm³/mol. The van der Waals surface area contributed by atoms with Gasteiger partial charge in [0.1, 0.15) is 12.1 Å². The van der Waals surface area contributed by atoms with Crippen molar-refractivity contribution in [3.8, 4) is 0 Å². The second-order valence-electron chi connectivity index (χ2n) is 6.64. The smallest absolute Gasteiger partial charge is 0.327 e. The molecule has 0 saturated carbocycles. The van der Waals surface area contributed by atoms with Gasteiger partial charge in [0, 0.05) is 5.75 Å². The summed E-state index contributed by atoms with van der Waals surface area (Å²) in [5, 5.41) is 16.4. The quantitative estimate of drug-likeness (QED) is 0.242. The van der Waals surface area contributed by atoms with Gasteiger partial charge in [-0.05, 0) is 11.8 Å². The Bertz CT molecular complexity index is 531. The van der Waals surface area contributed by atoms with Crippen molar-refractivity contribution in [2.75, 3.05) is 12.3 Å². The first-order valence-electron chi connectivity index (χ1n) is 9.05. The van der Waals surface area contributed by atoms with Crippen LogP contribution in [0.3, 0.4) is 0 Å². The summed E-state index contributed by atoms with van der Waals surface area (Å²) in [5.41, 5.74) is 5.80. The number of carboxylic acids is 1. The fourth-order valence-electron chi connectivity index (χ4n) is 2.17. The van der Waals surface area contributed by atoms with Crippen LogP contribution in [0.2, 0.25) is 0 Å². The zero-order valence-corrected chi connectivity index (χ0v) is 17.2. The molecule has 0 fully saturated rings. The molecule has 0 aromatic rings. The molecule has 27 heavy (non-hydrogen) atoms. The van der Waals surface area contributed by atoms with Gasteiger partial charge < -0.3 is 26.8 Å². The fraction of sp³-hybridized carbons (Fsp3) is 0.765. The second kappa shape index (κ2) is 12.6. The van der Waals surface area contributed by atoms with Crippen LogP contribution >= 0.6 is 12.6 Å². The van der Waals surface area contributed by atoms with Gasteiger partial charge in [0.15, 0.2) is 0 Å². The molecule has 5 unspecified atom stereocenters. The van der Waals surface area contributed by atoms with Crippen molar-refractivity contribution in [3.63, 3.8) is 0 Å². The number of amides is 3. The minimum absolute atomic E-state index is 0.0270. The molecule has 10 heteroatoms. The van der Waals surface area contributed by atoms with Crippen molar-refractivity contribution in [2.45, 2.75) is 58.7 Å². The van der Waals surface area contributed by atoms with E-state index in [-0.39, 0.29) is 24.1 Å². The summed E-state index contributed by atoms with van der Waals surface area (Å²) in [6, 6.07) is -2.80. The van der Waals surface area contributed by atoms with Gasteiger partial charge in [0.2, 0.25) is 17.7 Å². The van der Waals surface area contributed by atoms with E-state index in [2.05, 4.69) is 28.6 Å². The third-order valence-electron chi connectivity index (χ3n) is 4.59. The molecule has 156 valence electrons. The highest BCUT2D eigenvalue weighted by Gasteiger charge is 2.29. The van der Waals surface area contributed by atoms with E-state index in [1.54, 1.807) is 6.92 Å². The number of rotatable bonds is 12. The van der Waals surface area contributed by atoms with E-state index in [1.165, 1.54) is 0 Å². The van der Waals surface area contributed by atoms with Crippen LogP contribution in [0, 0.1) is 11.8 Å². The molecule has 9 nitrogen and oxygen atoms in total. The Balaban J connectivity index is 4.85. The number of hydrogen-bond donors (Lipinski definition) is 6. The van der Waals surface area contributed by atoms with Gasteiger partial charge in [0.05, 0.1) is 12.6 Å². The number of nitrogens with two attached hydrogens (primary N) is 1. The van der Waals surface area contributed by atoms with Crippen LogP contribution in [0.25, 0.3) is 0 Å². The highest BCUT2D eigenvalue weighted by atomic mass is 32.1. The zero-order chi connectivity index (χ0) is 21.1. The van der Waals surface area contributed by atoms with Crippen molar-refractivity contribution >= 4 is 36.3 Å². The molecule has 0 saturated heterocycles. The van der Waals surface area contributed by atoms with Crippen LogP contribution in [0.15, 0.2) is 0 Å². The lowest BCUT2D eigenvalue weighted by Crippen LogP contribution is -2.56. The number of carbonyl (C=O) groups excluding carboxylic acids is 3. The molecule has 0 spiro atoms. The van der Waals surface area contributed by atoms with Gasteiger partial charge in [0.25, 0.3) is 0 Å². The molecular weight excluding hydrogens is 372 g/mol. The summed E-state index contributed by atoms with van der Waals surface area (Å²) >= 11 is 3.90. The standard InChI is InChI=1S/C17H32N4O5S/c1-5-9(3)13(18)15(23)19-7-12(22)21-14(10(4)6-2)16(24)20-11(8-27)17(25)26/h9-11,13-14,27H,5-8,18H2,1-4H3,(H,19,23)(H,20,24)(H,21,22)(H,25,26). The molecule has 5 atom stereocenters.